The predicted octanol–water partition coefficient (Wildman–Crippen LogP) is 4.10. The van der Waals surface area contributed by atoms with Crippen LogP contribution in [0.4, 0.5) is 5.69 Å². The molecule has 0 spiro atoms. The highest BCUT2D eigenvalue weighted by Crippen LogP contribution is 2.26. The Morgan fingerprint density at radius 2 is 1.54 bits per heavy atom. The summed E-state index contributed by atoms with van der Waals surface area (Å²) in [4.78, 5) is 12.9. The van der Waals surface area contributed by atoms with Crippen LogP contribution in [0.5, 0.6) is 0 Å². The molecule has 0 saturated heterocycles. The third-order valence-corrected chi connectivity index (χ3v) is 5.11. The highest BCUT2D eigenvalue weighted by Gasteiger charge is 2.13. The first-order chi connectivity index (χ1) is 13.6. The molecule has 136 valence electrons. The number of hydrogen-bond donors (Lipinski definition) is 1. The molecule has 28 heavy (non-hydrogen) atoms. The van der Waals surface area contributed by atoms with Crippen LogP contribution in [0, 0.1) is 0 Å². The Morgan fingerprint density at radius 3 is 2.29 bits per heavy atom. The van der Waals surface area contributed by atoms with Crippen molar-refractivity contribution in [1.82, 2.24) is 14.2 Å². The second-order valence-electron chi connectivity index (χ2n) is 6.88. The van der Waals surface area contributed by atoms with Gasteiger partial charge in [-0.15, -0.1) is 0 Å². The average molecular weight is 366 g/mol. The van der Waals surface area contributed by atoms with Gasteiger partial charge in [-0.05, 0) is 35.4 Å². The highest BCUT2D eigenvalue weighted by molar-refractivity contribution is 5.86. The molecule has 5 nitrogen and oxygen atoms in total. The Labute approximate surface area is 161 Å². The van der Waals surface area contributed by atoms with Crippen LogP contribution in [-0.2, 0) is 7.05 Å². The van der Waals surface area contributed by atoms with Gasteiger partial charge in [0.2, 0.25) is 0 Å². The summed E-state index contributed by atoms with van der Waals surface area (Å²) in [5, 5.41) is 5.43. The molecule has 0 atom stereocenters. The minimum absolute atomic E-state index is 0.0362. The van der Waals surface area contributed by atoms with Crippen LogP contribution in [0.15, 0.2) is 83.7 Å². The molecule has 0 unspecified atom stereocenters. The first-order valence-electron chi connectivity index (χ1n) is 9.06. The number of nitrogens with two attached hydrogens (primary N) is 1. The number of benzene rings is 3. The van der Waals surface area contributed by atoms with Crippen LogP contribution in [0.25, 0.3) is 38.9 Å². The molecule has 5 aromatic rings. The lowest BCUT2D eigenvalue weighted by Gasteiger charge is -2.08. The van der Waals surface area contributed by atoms with E-state index in [-0.39, 0.29) is 5.56 Å². The van der Waals surface area contributed by atoms with Gasteiger partial charge in [-0.1, -0.05) is 48.5 Å². The zero-order chi connectivity index (χ0) is 19.3. The third kappa shape index (κ3) is 2.48. The van der Waals surface area contributed by atoms with E-state index in [1.54, 1.807) is 11.6 Å². The number of nitrogen functional groups attached to an aromatic ring is 1. The zero-order valence-electron chi connectivity index (χ0n) is 15.3. The maximum atomic E-state index is 12.9. The van der Waals surface area contributed by atoms with Crippen LogP contribution in [0.3, 0.4) is 0 Å². The maximum Gasteiger partial charge on any atom is 0.261 e. The van der Waals surface area contributed by atoms with Gasteiger partial charge >= 0.3 is 0 Å². The molecule has 0 bridgehead atoms. The highest BCUT2D eigenvalue weighted by atomic mass is 16.1. The summed E-state index contributed by atoms with van der Waals surface area (Å²) in [5.74, 6) is 0. The van der Waals surface area contributed by atoms with Crippen molar-refractivity contribution in [1.29, 1.82) is 0 Å². The van der Waals surface area contributed by atoms with Crippen molar-refractivity contribution in [3.05, 3.63) is 89.2 Å². The monoisotopic (exact) mass is 366 g/mol. The Morgan fingerprint density at radius 1 is 0.821 bits per heavy atom. The number of nitrogens with zero attached hydrogens (tertiary/aromatic N) is 3. The van der Waals surface area contributed by atoms with E-state index in [2.05, 4.69) is 0 Å². The van der Waals surface area contributed by atoms with Gasteiger partial charge in [0.15, 0.2) is 0 Å². The summed E-state index contributed by atoms with van der Waals surface area (Å²) in [6.07, 6.45) is 0. The second-order valence-corrected chi connectivity index (χ2v) is 6.88. The Bertz CT molecular complexity index is 1380. The van der Waals surface area contributed by atoms with Crippen LogP contribution < -0.4 is 11.3 Å². The van der Waals surface area contributed by atoms with Crippen molar-refractivity contribution in [3.63, 3.8) is 0 Å². The molecule has 0 aliphatic rings. The Hall–Kier alpha value is -3.86. The normalized spacial score (nSPS) is 11.3. The van der Waals surface area contributed by atoms with Crippen molar-refractivity contribution >= 4 is 22.2 Å². The number of anilines is 1. The SMILES string of the molecule is Cn1c(=O)c2ccc(-c3ccc(N)cc3)cc2n2nc(-c3ccccc3)cc12. The van der Waals surface area contributed by atoms with Gasteiger partial charge in [0.25, 0.3) is 5.56 Å². The summed E-state index contributed by atoms with van der Waals surface area (Å²) in [5.41, 5.74) is 11.9. The van der Waals surface area contributed by atoms with Gasteiger partial charge in [0.05, 0.1) is 16.6 Å². The summed E-state index contributed by atoms with van der Waals surface area (Å²) >= 11 is 0. The molecular formula is C23H18N4O. The standard InChI is InChI=1S/C23H18N4O/c1-26-22-14-20(16-5-3-2-4-6-16)25-27(22)21-13-17(9-12-19(21)23(26)28)15-7-10-18(24)11-8-15/h2-14H,24H2,1H3. The molecule has 2 N–H and O–H groups in total. The van der Waals surface area contributed by atoms with Crippen LogP contribution in [0.1, 0.15) is 0 Å². The van der Waals surface area contributed by atoms with Gasteiger partial charge in [0, 0.05) is 24.4 Å². The summed E-state index contributed by atoms with van der Waals surface area (Å²) in [7, 11) is 1.78. The lowest BCUT2D eigenvalue weighted by atomic mass is 10.0. The van der Waals surface area contributed by atoms with E-state index in [0.29, 0.717) is 5.39 Å². The molecule has 5 rings (SSSR count). The largest absolute Gasteiger partial charge is 0.399 e. The molecule has 0 aliphatic heterocycles. The number of fused-ring (bicyclic) bond motifs is 3. The first-order valence-corrected chi connectivity index (χ1v) is 9.06. The second kappa shape index (κ2) is 6.09. The maximum absolute atomic E-state index is 12.9. The molecule has 5 heteroatoms. The molecule has 2 aromatic heterocycles. The van der Waals surface area contributed by atoms with Crippen molar-refractivity contribution in [2.45, 2.75) is 0 Å². The summed E-state index contributed by atoms with van der Waals surface area (Å²) in [6.45, 7) is 0. The lowest BCUT2D eigenvalue weighted by molar-refractivity contribution is 0.850. The minimum Gasteiger partial charge on any atom is -0.399 e. The Balaban J connectivity index is 1.81. The fourth-order valence-electron chi connectivity index (χ4n) is 3.57. The number of hydrogen-bond acceptors (Lipinski definition) is 3. The molecule has 2 heterocycles. The van der Waals surface area contributed by atoms with E-state index < -0.39 is 0 Å². The van der Waals surface area contributed by atoms with Crippen LogP contribution in [0.2, 0.25) is 0 Å². The van der Waals surface area contributed by atoms with Crippen molar-refractivity contribution in [2.24, 2.45) is 7.05 Å². The third-order valence-electron chi connectivity index (χ3n) is 5.11. The molecule has 0 radical (unpaired) electrons. The fraction of sp³-hybridized carbons (Fsp3) is 0.0435. The van der Waals surface area contributed by atoms with Gasteiger partial charge < -0.3 is 5.73 Å². The van der Waals surface area contributed by atoms with Gasteiger partial charge in [-0.3, -0.25) is 9.36 Å². The van der Waals surface area contributed by atoms with Crippen LogP contribution >= 0.6 is 0 Å². The van der Waals surface area contributed by atoms with E-state index in [9.17, 15) is 4.79 Å². The zero-order valence-corrected chi connectivity index (χ0v) is 15.3. The number of aryl methyl sites for hydroxylation is 1. The average Bonchev–Trinajstić information content (AvgIpc) is 3.19. The van der Waals surface area contributed by atoms with Crippen molar-refractivity contribution in [2.75, 3.05) is 5.73 Å². The number of aromatic nitrogens is 3. The quantitative estimate of drug-likeness (QED) is 0.478. The first kappa shape index (κ1) is 16.3. The lowest BCUT2D eigenvalue weighted by Crippen LogP contribution is -2.19. The van der Waals surface area contributed by atoms with E-state index in [4.69, 9.17) is 10.8 Å². The molecule has 0 saturated carbocycles. The summed E-state index contributed by atoms with van der Waals surface area (Å²) in [6, 6.07) is 25.5. The molecule has 0 amide bonds. The van der Waals surface area contributed by atoms with Gasteiger partial charge in [-0.25, -0.2) is 4.52 Å². The van der Waals surface area contributed by atoms with E-state index in [1.165, 1.54) is 0 Å². The number of rotatable bonds is 2. The smallest absolute Gasteiger partial charge is 0.261 e. The van der Waals surface area contributed by atoms with Gasteiger partial charge in [0.1, 0.15) is 5.65 Å². The topological polar surface area (TPSA) is 65.3 Å². The van der Waals surface area contributed by atoms with E-state index in [1.807, 2.05) is 83.4 Å². The van der Waals surface area contributed by atoms with Crippen LogP contribution in [-0.4, -0.2) is 14.2 Å². The van der Waals surface area contributed by atoms with Crippen molar-refractivity contribution in [3.8, 4) is 22.4 Å². The Kier molecular flexibility index (Phi) is 3.55. The molecule has 0 aliphatic carbocycles. The minimum atomic E-state index is -0.0362. The van der Waals surface area contributed by atoms with E-state index >= 15 is 0 Å². The van der Waals surface area contributed by atoms with E-state index in [0.717, 1.165) is 39.2 Å². The predicted molar refractivity (Wildman–Crippen MR) is 113 cm³/mol. The van der Waals surface area contributed by atoms with Crippen molar-refractivity contribution < 1.29 is 0 Å². The molecule has 3 aromatic carbocycles. The van der Waals surface area contributed by atoms with Gasteiger partial charge in [-0.2, -0.15) is 5.10 Å². The summed E-state index contributed by atoms with van der Waals surface area (Å²) < 4.78 is 3.49. The fourth-order valence-corrected chi connectivity index (χ4v) is 3.57. The molecule has 0 fully saturated rings. The molecular weight excluding hydrogens is 348 g/mol.